The van der Waals surface area contributed by atoms with Crippen LogP contribution in [0.3, 0.4) is 0 Å². The monoisotopic (exact) mass is 427 g/mol. The van der Waals surface area contributed by atoms with E-state index in [1.807, 2.05) is 0 Å². The van der Waals surface area contributed by atoms with Crippen molar-refractivity contribution in [2.75, 3.05) is 0 Å². The van der Waals surface area contributed by atoms with Crippen LogP contribution >= 0.6 is 0 Å². The second-order valence-electron chi connectivity index (χ2n) is 6.58. The smallest absolute Gasteiger partial charge is 0.325 e. The van der Waals surface area contributed by atoms with Crippen molar-refractivity contribution in [2.24, 2.45) is 0 Å². The molecule has 0 atom stereocenters. The minimum absolute atomic E-state index is 0. The van der Waals surface area contributed by atoms with Gasteiger partial charge in [-0.1, -0.05) is 96.8 Å². The van der Waals surface area contributed by atoms with Crippen molar-refractivity contribution in [2.45, 2.75) is 110 Å². The summed E-state index contributed by atoms with van der Waals surface area (Å²) < 4.78 is 32.8. The molecule has 0 aromatic rings. The molecule has 0 spiro atoms. The molecule has 0 saturated heterocycles. The zero-order valence-corrected chi connectivity index (χ0v) is 17.4. The molecule has 0 bridgehead atoms. The van der Waals surface area contributed by atoms with Crippen LogP contribution in [0.15, 0.2) is 0 Å². The summed E-state index contributed by atoms with van der Waals surface area (Å²) in [5, 5.41) is 0. The van der Waals surface area contributed by atoms with E-state index in [0.717, 1.165) is 19.3 Å². The fraction of sp³-hybridized carbons (Fsp3) is 0.944. The largest absolute Gasteiger partial charge is 0.448 e. The average molecular weight is 428 g/mol. The second-order valence-corrected chi connectivity index (χ2v) is 7.60. The van der Waals surface area contributed by atoms with Crippen LogP contribution in [0.4, 0.5) is 0 Å². The number of hydrogen-bond donors (Lipinski definition) is 1. The Balaban J connectivity index is 0. The summed E-state index contributed by atoms with van der Waals surface area (Å²) in [6.45, 7) is 2.25. The molecular weight excluding hydrogens is 392 g/mol. The van der Waals surface area contributed by atoms with Crippen LogP contribution in [-0.4, -0.2) is 18.9 Å². The first kappa shape index (κ1) is 27.1. The molecular formula is C18H36CuO5S. The molecule has 0 amide bonds. The number of carbonyl (C=O) groups is 1. The van der Waals surface area contributed by atoms with Crippen molar-refractivity contribution in [1.29, 1.82) is 0 Å². The van der Waals surface area contributed by atoms with Crippen LogP contribution in [0.2, 0.25) is 0 Å². The van der Waals surface area contributed by atoms with Gasteiger partial charge in [-0.25, -0.2) is 0 Å². The molecule has 0 rings (SSSR count). The summed E-state index contributed by atoms with van der Waals surface area (Å²) in [4.78, 5) is 11.0. The van der Waals surface area contributed by atoms with Gasteiger partial charge in [0.1, 0.15) is 0 Å². The van der Waals surface area contributed by atoms with Gasteiger partial charge in [0.2, 0.25) is 0 Å². The fourth-order valence-corrected chi connectivity index (χ4v) is 3.12. The summed E-state index contributed by atoms with van der Waals surface area (Å²) >= 11 is 0. The Morgan fingerprint density at radius 2 is 1.04 bits per heavy atom. The maximum absolute atomic E-state index is 11.0. The van der Waals surface area contributed by atoms with Crippen molar-refractivity contribution in [3.05, 3.63) is 0 Å². The number of rotatable bonds is 17. The van der Waals surface area contributed by atoms with Gasteiger partial charge >= 0.3 is 16.4 Å². The first-order valence-corrected chi connectivity index (χ1v) is 11.0. The molecule has 0 fully saturated rings. The predicted molar refractivity (Wildman–Crippen MR) is 97.2 cm³/mol. The van der Waals surface area contributed by atoms with Gasteiger partial charge in [-0.15, -0.1) is 0 Å². The van der Waals surface area contributed by atoms with Gasteiger partial charge in [0, 0.05) is 23.5 Å². The van der Waals surface area contributed by atoms with Gasteiger partial charge in [-0.05, 0) is 6.42 Å². The van der Waals surface area contributed by atoms with Crippen LogP contribution in [0.1, 0.15) is 110 Å². The molecule has 0 aliphatic rings. The van der Waals surface area contributed by atoms with Gasteiger partial charge in [0.25, 0.3) is 0 Å². The SMILES string of the molecule is CCCCCCCCCCCCCCCCCC(=O)OS(=O)(=O)O.[Cu]. The van der Waals surface area contributed by atoms with Gasteiger partial charge < -0.3 is 4.18 Å². The van der Waals surface area contributed by atoms with E-state index in [2.05, 4.69) is 11.1 Å². The number of unbranched alkanes of at least 4 members (excludes halogenated alkanes) is 14. The molecule has 0 saturated carbocycles. The summed E-state index contributed by atoms with van der Waals surface area (Å²) in [7, 11) is -4.64. The molecule has 1 N–H and O–H groups in total. The first-order chi connectivity index (χ1) is 11.5. The Hall–Kier alpha value is -0.101. The molecule has 1 radical (unpaired) electrons. The Kier molecular flexibility index (Phi) is 20.3. The van der Waals surface area contributed by atoms with Crippen molar-refractivity contribution in [3.63, 3.8) is 0 Å². The van der Waals surface area contributed by atoms with Crippen LogP contribution in [0.5, 0.6) is 0 Å². The molecule has 25 heavy (non-hydrogen) atoms. The molecule has 0 aliphatic heterocycles. The van der Waals surface area contributed by atoms with Gasteiger partial charge in [0.05, 0.1) is 0 Å². The third-order valence-electron chi connectivity index (χ3n) is 4.18. The van der Waals surface area contributed by atoms with Crippen LogP contribution in [0.25, 0.3) is 0 Å². The standard InChI is InChI=1S/C18H36O5S.Cu/c1-2-3-4-5-6-7-8-9-10-11-12-13-14-15-16-17-18(19)23-24(20,21)22;/h2-17H2,1H3,(H,20,21,22);. The van der Waals surface area contributed by atoms with Crippen LogP contribution in [-0.2, 0) is 36.4 Å². The third kappa shape index (κ3) is 23.9. The topological polar surface area (TPSA) is 80.7 Å². The first-order valence-electron chi connectivity index (χ1n) is 9.65. The van der Waals surface area contributed by atoms with E-state index < -0.39 is 16.4 Å². The van der Waals surface area contributed by atoms with E-state index in [-0.39, 0.29) is 23.5 Å². The van der Waals surface area contributed by atoms with E-state index >= 15 is 0 Å². The molecule has 0 unspecified atom stereocenters. The third-order valence-corrected chi connectivity index (χ3v) is 4.58. The van der Waals surface area contributed by atoms with Gasteiger partial charge in [0.15, 0.2) is 0 Å². The molecule has 5 nitrogen and oxygen atoms in total. The van der Waals surface area contributed by atoms with E-state index in [1.165, 1.54) is 70.6 Å². The fourth-order valence-electron chi connectivity index (χ4n) is 2.80. The van der Waals surface area contributed by atoms with Crippen molar-refractivity contribution >= 4 is 16.4 Å². The predicted octanol–water partition coefficient (Wildman–Crippen LogP) is 5.59. The van der Waals surface area contributed by atoms with E-state index in [1.54, 1.807) is 0 Å². The Morgan fingerprint density at radius 3 is 1.36 bits per heavy atom. The van der Waals surface area contributed by atoms with Gasteiger partial charge in [-0.2, -0.15) is 8.42 Å². The second kappa shape index (κ2) is 18.7. The van der Waals surface area contributed by atoms with Crippen molar-refractivity contribution < 1.29 is 39.0 Å². The Morgan fingerprint density at radius 1 is 0.720 bits per heavy atom. The van der Waals surface area contributed by atoms with E-state index in [9.17, 15) is 13.2 Å². The molecule has 0 aliphatic carbocycles. The maximum atomic E-state index is 11.0. The quantitative estimate of drug-likeness (QED) is 0.186. The van der Waals surface area contributed by atoms with Crippen molar-refractivity contribution in [3.8, 4) is 0 Å². The zero-order chi connectivity index (χ0) is 18.1. The van der Waals surface area contributed by atoms with Crippen LogP contribution < -0.4 is 0 Å². The molecule has 0 aromatic carbocycles. The number of carbonyl (C=O) groups excluding carboxylic acids is 1. The Bertz CT molecular complexity index is 398. The van der Waals surface area contributed by atoms with Crippen LogP contribution in [0, 0.1) is 0 Å². The van der Waals surface area contributed by atoms with E-state index in [4.69, 9.17) is 4.55 Å². The summed E-state index contributed by atoms with van der Waals surface area (Å²) in [6.07, 6.45) is 18.5. The summed E-state index contributed by atoms with van der Waals surface area (Å²) in [5.41, 5.74) is 0. The molecule has 155 valence electrons. The summed E-state index contributed by atoms with van der Waals surface area (Å²) in [6, 6.07) is 0. The normalized spacial score (nSPS) is 11.1. The van der Waals surface area contributed by atoms with Crippen molar-refractivity contribution in [1.82, 2.24) is 0 Å². The summed E-state index contributed by atoms with van der Waals surface area (Å²) in [5.74, 6) is -0.882. The zero-order valence-electron chi connectivity index (χ0n) is 15.6. The number of hydrogen-bond acceptors (Lipinski definition) is 4. The molecule has 0 heterocycles. The maximum Gasteiger partial charge on any atom is 0.448 e. The Labute approximate surface area is 165 Å². The minimum atomic E-state index is -4.64. The minimum Gasteiger partial charge on any atom is -0.325 e. The van der Waals surface area contributed by atoms with Gasteiger partial charge in [-0.3, -0.25) is 9.35 Å². The molecule has 0 aromatic heterocycles. The average Bonchev–Trinajstić information content (AvgIpc) is 2.49. The van der Waals surface area contributed by atoms with E-state index in [0.29, 0.717) is 6.42 Å². The molecule has 7 heteroatoms.